The summed E-state index contributed by atoms with van der Waals surface area (Å²) in [6, 6.07) is 7.99. The normalized spacial score (nSPS) is 36.1. The van der Waals surface area contributed by atoms with Crippen molar-refractivity contribution < 1.29 is 38.4 Å². The highest BCUT2D eigenvalue weighted by molar-refractivity contribution is 6.04. The fourth-order valence-corrected chi connectivity index (χ4v) is 8.83. The number of benzene rings is 1. The van der Waals surface area contributed by atoms with E-state index >= 15 is 0 Å². The van der Waals surface area contributed by atoms with E-state index in [1.807, 2.05) is 56.9 Å². The van der Waals surface area contributed by atoms with Gasteiger partial charge in [-0.05, 0) is 78.7 Å². The fraction of sp³-hybridized carbons (Fsp3) is 0.769. The number of nitrogens with zero attached hydrogens (tertiary/aromatic N) is 4. The van der Waals surface area contributed by atoms with Gasteiger partial charge in [-0.15, -0.1) is 0 Å². The molecule has 51 heavy (non-hydrogen) atoms. The third-order valence-corrected chi connectivity index (χ3v) is 12.0. The molecule has 286 valence electrons. The number of ether oxygens (including phenoxy) is 4. The molecule has 12 nitrogen and oxygen atoms in total. The Morgan fingerprint density at radius 1 is 1.04 bits per heavy atom. The van der Waals surface area contributed by atoms with Crippen LogP contribution >= 0.6 is 0 Å². The van der Waals surface area contributed by atoms with E-state index in [9.17, 15) is 19.5 Å². The number of likely N-dealkylation sites (N-methyl/N-ethyl adjacent to an activating group) is 2. The number of rotatable bonds is 7. The number of amides is 1. The number of hydrogen-bond donors (Lipinski definition) is 1. The maximum atomic E-state index is 14.3. The van der Waals surface area contributed by atoms with E-state index in [0.29, 0.717) is 39.0 Å². The number of carbonyl (C=O) groups excluding carboxylic acids is 3. The number of fused-ring (bicyclic) bond motifs is 1. The number of aliphatic hydroxyl groups is 1. The lowest BCUT2D eigenvalue weighted by Gasteiger charge is -2.47. The fourth-order valence-electron chi connectivity index (χ4n) is 8.83. The average Bonchev–Trinajstić information content (AvgIpc) is 3.46. The van der Waals surface area contributed by atoms with Crippen LogP contribution in [0.4, 0.5) is 0 Å². The number of methoxy groups -OCH3 is 1. The van der Waals surface area contributed by atoms with Crippen molar-refractivity contribution in [2.75, 3.05) is 61.0 Å². The summed E-state index contributed by atoms with van der Waals surface area (Å²) in [6.45, 7) is 14.9. The van der Waals surface area contributed by atoms with E-state index in [-0.39, 0.29) is 48.3 Å². The zero-order valence-electron chi connectivity index (χ0n) is 32.5. The molecule has 3 fully saturated rings. The minimum Gasteiger partial charge on any atom is -0.463 e. The summed E-state index contributed by atoms with van der Waals surface area (Å²) < 4.78 is 25.0. The van der Waals surface area contributed by atoms with Gasteiger partial charge in [0.05, 0.1) is 24.4 Å². The van der Waals surface area contributed by atoms with Crippen molar-refractivity contribution in [3.05, 3.63) is 35.4 Å². The molecule has 3 saturated heterocycles. The van der Waals surface area contributed by atoms with Crippen molar-refractivity contribution in [2.45, 2.75) is 110 Å². The summed E-state index contributed by atoms with van der Waals surface area (Å²) in [4.78, 5) is 49.6. The second-order valence-corrected chi connectivity index (χ2v) is 16.8. The lowest BCUT2D eigenvalue weighted by Crippen LogP contribution is -2.60. The quantitative estimate of drug-likeness (QED) is 0.332. The number of cyclic esters (lactones) is 1. The predicted octanol–water partition coefficient (Wildman–Crippen LogP) is 2.79. The lowest BCUT2D eigenvalue weighted by molar-refractivity contribution is -0.295. The summed E-state index contributed by atoms with van der Waals surface area (Å²) >= 11 is 0. The third kappa shape index (κ3) is 8.53. The number of hydrogen-bond acceptors (Lipinski definition) is 11. The third-order valence-electron chi connectivity index (χ3n) is 12.0. The van der Waals surface area contributed by atoms with Crippen molar-refractivity contribution in [1.29, 1.82) is 0 Å². The van der Waals surface area contributed by atoms with E-state index in [4.69, 9.17) is 18.9 Å². The van der Waals surface area contributed by atoms with Crippen LogP contribution in [0.25, 0.3) is 0 Å². The lowest BCUT2D eigenvalue weighted by atomic mass is 9.74. The van der Waals surface area contributed by atoms with Crippen LogP contribution < -0.4 is 0 Å². The van der Waals surface area contributed by atoms with Gasteiger partial charge in [-0.2, -0.15) is 0 Å². The second-order valence-electron chi connectivity index (χ2n) is 16.8. The minimum atomic E-state index is -1.47. The smallest absolute Gasteiger partial charge is 0.319 e. The van der Waals surface area contributed by atoms with Crippen LogP contribution in [0.1, 0.15) is 65.5 Å². The molecule has 5 rings (SSSR count). The number of carbonyl (C=O) groups is 3. The number of Topliss-reactive ketones (excluding diaryl/α,β-unsaturated/α-hetero) is 1. The SMILES string of the molecule is CO[C@]1(C)C[C@@H](C)CN(C)[C@H](C2CN(C(=O)CN3Cc4ccccc4C3)C2)COC(=O)C(C)(C)C(=O)[C@H](C)[C@H]1O[C@@H]1O[C@H](C)C[C@H](N(C)C)[C@H]1O. The van der Waals surface area contributed by atoms with Crippen LogP contribution in [-0.4, -0.2) is 146 Å². The Labute approximate surface area is 304 Å². The second kappa shape index (κ2) is 15.9. The highest BCUT2D eigenvalue weighted by Gasteiger charge is 2.52. The Kier molecular flexibility index (Phi) is 12.4. The summed E-state index contributed by atoms with van der Waals surface area (Å²) in [5.74, 6) is -1.42. The molecule has 12 heteroatoms. The first kappa shape index (κ1) is 39.8. The zero-order valence-corrected chi connectivity index (χ0v) is 32.5. The average molecular weight is 715 g/mol. The molecule has 0 saturated carbocycles. The highest BCUT2D eigenvalue weighted by atomic mass is 16.7. The molecular weight excluding hydrogens is 652 g/mol. The zero-order chi connectivity index (χ0) is 37.4. The Morgan fingerprint density at radius 2 is 1.67 bits per heavy atom. The summed E-state index contributed by atoms with van der Waals surface area (Å²) in [5.41, 5.74) is 0.113. The molecule has 1 amide bonds. The molecule has 0 radical (unpaired) electrons. The van der Waals surface area contributed by atoms with Crippen LogP contribution in [0.3, 0.4) is 0 Å². The summed E-state index contributed by atoms with van der Waals surface area (Å²) in [6.07, 6.45) is -1.78. The summed E-state index contributed by atoms with van der Waals surface area (Å²) in [7, 11) is 7.49. The predicted molar refractivity (Wildman–Crippen MR) is 192 cm³/mol. The molecule has 0 unspecified atom stereocenters. The van der Waals surface area contributed by atoms with Gasteiger partial charge in [0.2, 0.25) is 5.91 Å². The minimum absolute atomic E-state index is 0.0839. The molecule has 9 atom stereocenters. The van der Waals surface area contributed by atoms with Crippen molar-refractivity contribution in [2.24, 2.45) is 23.2 Å². The Morgan fingerprint density at radius 3 is 2.25 bits per heavy atom. The molecule has 1 aromatic rings. The van der Waals surface area contributed by atoms with Gasteiger partial charge in [0.15, 0.2) is 12.1 Å². The molecular formula is C39H62N4O8. The van der Waals surface area contributed by atoms with Crippen LogP contribution in [-0.2, 0) is 46.4 Å². The van der Waals surface area contributed by atoms with E-state index in [2.05, 4.69) is 28.9 Å². The topological polar surface area (TPSA) is 121 Å². The number of aliphatic hydroxyl groups excluding tert-OH is 1. The van der Waals surface area contributed by atoms with Gasteiger partial charge in [0.1, 0.15) is 18.1 Å². The van der Waals surface area contributed by atoms with Gasteiger partial charge in [-0.3, -0.25) is 24.2 Å². The first-order valence-corrected chi connectivity index (χ1v) is 18.6. The molecule has 4 aliphatic rings. The van der Waals surface area contributed by atoms with Crippen LogP contribution in [0, 0.1) is 23.2 Å². The number of ketones is 1. The number of likely N-dealkylation sites (tertiary alicyclic amines) is 1. The maximum Gasteiger partial charge on any atom is 0.319 e. The first-order valence-electron chi connectivity index (χ1n) is 18.6. The van der Waals surface area contributed by atoms with Crippen molar-refractivity contribution in [1.82, 2.24) is 19.6 Å². The van der Waals surface area contributed by atoms with Gasteiger partial charge in [-0.1, -0.05) is 38.1 Å². The van der Waals surface area contributed by atoms with Gasteiger partial charge >= 0.3 is 5.97 Å². The van der Waals surface area contributed by atoms with Crippen molar-refractivity contribution in [3.63, 3.8) is 0 Å². The molecule has 1 N–H and O–H groups in total. The van der Waals surface area contributed by atoms with Crippen LogP contribution in [0.5, 0.6) is 0 Å². The molecule has 4 aliphatic heterocycles. The van der Waals surface area contributed by atoms with Crippen molar-refractivity contribution >= 4 is 17.7 Å². The van der Waals surface area contributed by atoms with Gasteiger partial charge < -0.3 is 33.9 Å². The van der Waals surface area contributed by atoms with E-state index in [0.717, 1.165) is 13.1 Å². The Hall–Kier alpha value is -2.45. The van der Waals surface area contributed by atoms with Crippen LogP contribution in [0.2, 0.25) is 0 Å². The Bertz CT molecular complexity index is 1380. The largest absolute Gasteiger partial charge is 0.463 e. The van der Waals surface area contributed by atoms with Gasteiger partial charge in [0.25, 0.3) is 0 Å². The standard InChI is InChI=1S/C39H62N4O8/c1-24-16-39(6,48-10)35(51-36-33(45)30(40(7)8)15-25(2)50-36)26(3)34(46)38(4,5)37(47)49-23-31(41(9)17-24)29-20-43(21-29)32(44)22-42-18-27-13-11-12-14-28(27)19-42/h11-14,24-26,29-31,33,35-36,45H,15-23H2,1-10H3/t24-,25-,26+,30+,31+,33-,35-,36+,39-/m1/s1. The monoisotopic (exact) mass is 714 g/mol. The van der Waals surface area contributed by atoms with E-state index in [1.165, 1.54) is 11.1 Å². The van der Waals surface area contributed by atoms with Crippen molar-refractivity contribution in [3.8, 4) is 0 Å². The highest BCUT2D eigenvalue weighted by Crippen LogP contribution is 2.39. The molecule has 0 aromatic heterocycles. The van der Waals surface area contributed by atoms with E-state index in [1.54, 1.807) is 27.9 Å². The molecule has 1 aromatic carbocycles. The van der Waals surface area contributed by atoms with Gasteiger partial charge in [0, 0.05) is 63.8 Å². The molecule has 4 heterocycles. The molecule has 0 bridgehead atoms. The van der Waals surface area contributed by atoms with E-state index < -0.39 is 41.4 Å². The molecule has 0 aliphatic carbocycles. The maximum absolute atomic E-state index is 14.3. The summed E-state index contributed by atoms with van der Waals surface area (Å²) in [5, 5.41) is 11.4. The number of esters is 1. The van der Waals surface area contributed by atoms with Crippen LogP contribution in [0.15, 0.2) is 24.3 Å². The first-order chi connectivity index (χ1) is 23.9. The molecule has 0 spiro atoms. The Balaban J connectivity index is 1.32. The van der Waals surface area contributed by atoms with Gasteiger partial charge in [-0.25, -0.2) is 0 Å².